The highest BCUT2D eigenvalue weighted by Gasteiger charge is 2.22. The SMILES string of the molecule is CN(Cc1cccc(-c2ccc(C(=O)NC3CCC(O)CC3)nc2)c1)C(=O)CNC(=O)OC(C)(C)C. The Morgan fingerprint density at radius 3 is 2.44 bits per heavy atom. The Morgan fingerprint density at radius 2 is 1.81 bits per heavy atom. The fourth-order valence-corrected chi connectivity index (χ4v) is 3.99. The molecule has 0 radical (unpaired) electrons. The van der Waals surface area contributed by atoms with Crippen LogP contribution in [0.3, 0.4) is 0 Å². The number of pyridine rings is 1. The molecule has 3 N–H and O–H groups in total. The van der Waals surface area contributed by atoms with Gasteiger partial charge in [0.05, 0.1) is 6.10 Å². The van der Waals surface area contributed by atoms with Gasteiger partial charge in [0.2, 0.25) is 5.91 Å². The molecular formula is C27H36N4O5. The van der Waals surface area contributed by atoms with E-state index in [0.29, 0.717) is 25.1 Å². The number of alkyl carbamates (subject to hydrolysis) is 1. The van der Waals surface area contributed by atoms with Crippen molar-refractivity contribution in [2.24, 2.45) is 0 Å². The molecule has 0 spiro atoms. The number of benzene rings is 1. The summed E-state index contributed by atoms with van der Waals surface area (Å²) in [5, 5.41) is 15.1. The number of aliphatic hydroxyl groups excluding tert-OH is 1. The number of hydrogen-bond donors (Lipinski definition) is 3. The molecule has 1 aliphatic rings. The minimum atomic E-state index is -0.631. The van der Waals surface area contributed by atoms with Crippen molar-refractivity contribution in [2.75, 3.05) is 13.6 Å². The third-order valence-electron chi connectivity index (χ3n) is 5.92. The standard InChI is InChI=1S/C27H36N4O5/c1-27(2,3)36-26(35)29-16-24(33)31(4)17-18-6-5-7-19(14-18)20-8-13-23(28-15-20)25(34)30-21-9-11-22(32)12-10-21/h5-8,13-15,21-22,32H,9-12,16-17H2,1-4H3,(H,29,35)(H,30,34). The fraction of sp³-hybridized carbons (Fsp3) is 0.481. The third-order valence-corrected chi connectivity index (χ3v) is 5.92. The van der Waals surface area contributed by atoms with Crippen LogP contribution in [0.4, 0.5) is 4.79 Å². The van der Waals surface area contributed by atoms with E-state index in [1.165, 1.54) is 4.90 Å². The molecule has 0 unspecified atom stereocenters. The van der Waals surface area contributed by atoms with Crippen LogP contribution in [0.2, 0.25) is 0 Å². The molecule has 1 heterocycles. The zero-order valence-electron chi connectivity index (χ0n) is 21.4. The lowest BCUT2D eigenvalue weighted by Gasteiger charge is -2.26. The van der Waals surface area contributed by atoms with E-state index in [2.05, 4.69) is 15.6 Å². The highest BCUT2D eigenvalue weighted by molar-refractivity contribution is 5.92. The lowest BCUT2D eigenvalue weighted by Crippen LogP contribution is -2.40. The van der Waals surface area contributed by atoms with Gasteiger partial charge in [-0.25, -0.2) is 4.79 Å². The number of carbonyl (C=O) groups excluding carboxylic acids is 3. The summed E-state index contributed by atoms with van der Waals surface area (Å²) in [6.45, 7) is 5.49. The first-order valence-corrected chi connectivity index (χ1v) is 12.3. The molecule has 2 aromatic rings. The van der Waals surface area contributed by atoms with Crippen molar-refractivity contribution < 1.29 is 24.2 Å². The summed E-state index contributed by atoms with van der Waals surface area (Å²) >= 11 is 0. The summed E-state index contributed by atoms with van der Waals surface area (Å²) in [5.74, 6) is -0.451. The maximum atomic E-state index is 12.5. The van der Waals surface area contributed by atoms with Crippen LogP contribution in [0.25, 0.3) is 11.1 Å². The fourth-order valence-electron chi connectivity index (χ4n) is 3.99. The lowest BCUT2D eigenvalue weighted by molar-refractivity contribution is -0.129. The highest BCUT2D eigenvalue weighted by Crippen LogP contribution is 2.22. The van der Waals surface area contributed by atoms with E-state index in [1.54, 1.807) is 40.1 Å². The summed E-state index contributed by atoms with van der Waals surface area (Å²) < 4.78 is 5.15. The van der Waals surface area contributed by atoms with E-state index in [-0.39, 0.29) is 30.5 Å². The second-order valence-electron chi connectivity index (χ2n) is 10.2. The van der Waals surface area contributed by atoms with Gasteiger partial charge in [-0.3, -0.25) is 14.6 Å². The highest BCUT2D eigenvalue weighted by atomic mass is 16.6. The van der Waals surface area contributed by atoms with Gasteiger partial charge in [-0.2, -0.15) is 0 Å². The van der Waals surface area contributed by atoms with Crippen LogP contribution in [-0.2, 0) is 16.1 Å². The quantitative estimate of drug-likeness (QED) is 0.541. The molecule has 36 heavy (non-hydrogen) atoms. The van der Waals surface area contributed by atoms with Crippen molar-refractivity contribution in [2.45, 2.75) is 70.7 Å². The summed E-state index contributed by atoms with van der Waals surface area (Å²) in [4.78, 5) is 42.6. The smallest absolute Gasteiger partial charge is 0.408 e. The molecule has 0 bridgehead atoms. The predicted molar refractivity (Wildman–Crippen MR) is 136 cm³/mol. The van der Waals surface area contributed by atoms with Crippen LogP contribution in [-0.4, -0.2) is 64.2 Å². The average Bonchev–Trinajstić information content (AvgIpc) is 2.83. The second-order valence-corrected chi connectivity index (χ2v) is 10.2. The third kappa shape index (κ3) is 8.34. The first-order chi connectivity index (χ1) is 17.0. The summed E-state index contributed by atoms with van der Waals surface area (Å²) in [5.41, 5.74) is 2.41. The molecule has 1 aliphatic carbocycles. The largest absolute Gasteiger partial charge is 0.444 e. The van der Waals surface area contributed by atoms with Gasteiger partial charge in [-0.1, -0.05) is 24.3 Å². The number of rotatable bonds is 7. The minimum Gasteiger partial charge on any atom is -0.444 e. The van der Waals surface area contributed by atoms with Gasteiger partial charge < -0.3 is 25.4 Å². The number of nitrogens with zero attached hydrogens (tertiary/aromatic N) is 2. The Bertz CT molecular complexity index is 1060. The van der Waals surface area contributed by atoms with E-state index in [0.717, 1.165) is 29.5 Å². The molecule has 194 valence electrons. The molecule has 0 atom stereocenters. The van der Waals surface area contributed by atoms with E-state index in [1.807, 2.05) is 30.3 Å². The number of hydrogen-bond acceptors (Lipinski definition) is 6. The Hall–Kier alpha value is -3.46. The number of aliphatic hydroxyl groups is 1. The van der Waals surface area contributed by atoms with Crippen LogP contribution < -0.4 is 10.6 Å². The Kier molecular flexibility index (Phi) is 9.03. The number of aromatic nitrogens is 1. The van der Waals surface area contributed by atoms with E-state index in [4.69, 9.17) is 4.74 Å². The second kappa shape index (κ2) is 12.0. The molecule has 0 saturated heterocycles. The number of likely N-dealkylation sites (N-methyl/N-ethyl adjacent to an activating group) is 1. The molecule has 3 amide bonds. The molecule has 3 rings (SSSR count). The van der Waals surface area contributed by atoms with Crippen molar-refractivity contribution in [3.8, 4) is 11.1 Å². The van der Waals surface area contributed by atoms with Gasteiger partial charge in [0, 0.05) is 31.4 Å². The van der Waals surface area contributed by atoms with Crippen LogP contribution in [0.5, 0.6) is 0 Å². The van der Waals surface area contributed by atoms with E-state index < -0.39 is 11.7 Å². The average molecular weight is 497 g/mol. The molecule has 9 heteroatoms. The van der Waals surface area contributed by atoms with Gasteiger partial charge in [0.1, 0.15) is 17.8 Å². The Balaban J connectivity index is 1.55. The molecule has 1 fully saturated rings. The maximum absolute atomic E-state index is 12.5. The number of nitrogens with one attached hydrogen (secondary N) is 2. The minimum absolute atomic E-state index is 0.0677. The molecule has 1 aromatic carbocycles. The number of amides is 3. The van der Waals surface area contributed by atoms with Crippen LogP contribution in [0, 0.1) is 0 Å². The van der Waals surface area contributed by atoms with Crippen LogP contribution in [0.1, 0.15) is 62.5 Å². The van der Waals surface area contributed by atoms with Crippen molar-refractivity contribution in [1.82, 2.24) is 20.5 Å². The first-order valence-electron chi connectivity index (χ1n) is 12.3. The zero-order chi connectivity index (χ0) is 26.3. The maximum Gasteiger partial charge on any atom is 0.408 e. The Labute approximate surface area is 212 Å². The van der Waals surface area contributed by atoms with Crippen molar-refractivity contribution in [1.29, 1.82) is 0 Å². The normalized spacial score (nSPS) is 17.7. The van der Waals surface area contributed by atoms with Gasteiger partial charge in [0.25, 0.3) is 5.91 Å². The Morgan fingerprint density at radius 1 is 1.08 bits per heavy atom. The molecular weight excluding hydrogens is 460 g/mol. The molecule has 9 nitrogen and oxygen atoms in total. The van der Waals surface area contributed by atoms with Crippen molar-refractivity contribution in [3.05, 3.63) is 53.9 Å². The van der Waals surface area contributed by atoms with E-state index >= 15 is 0 Å². The first kappa shape index (κ1) is 27.1. The van der Waals surface area contributed by atoms with Gasteiger partial charge >= 0.3 is 6.09 Å². The summed E-state index contributed by atoms with van der Waals surface area (Å²) in [6, 6.07) is 11.4. The monoisotopic (exact) mass is 496 g/mol. The predicted octanol–water partition coefficient (Wildman–Crippen LogP) is 3.27. The van der Waals surface area contributed by atoms with Gasteiger partial charge in [-0.05, 0) is 69.7 Å². The number of ether oxygens (including phenoxy) is 1. The van der Waals surface area contributed by atoms with Crippen LogP contribution >= 0.6 is 0 Å². The number of carbonyl (C=O) groups is 3. The topological polar surface area (TPSA) is 121 Å². The zero-order valence-corrected chi connectivity index (χ0v) is 21.4. The molecule has 1 saturated carbocycles. The van der Waals surface area contributed by atoms with Crippen LogP contribution in [0.15, 0.2) is 42.6 Å². The lowest BCUT2D eigenvalue weighted by atomic mass is 9.93. The van der Waals surface area contributed by atoms with Gasteiger partial charge in [-0.15, -0.1) is 0 Å². The molecule has 0 aliphatic heterocycles. The summed E-state index contributed by atoms with van der Waals surface area (Å²) in [7, 11) is 1.67. The molecule has 1 aromatic heterocycles. The van der Waals surface area contributed by atoms with Crippen molar-refractivity contribution in [3.63, 3.8) is 0 Å². The van der Waals surface area contributed by atoms with Crippen molar-refractivity contribution >= 4 is 17.9 Å². The van der Waals surface area contributed by atoms with Gasteiger partial charge in [0.15, 0.2) is 0 Å². The van der Waals surface area contributed by atoms with E-state index in [9.17, 15) is 19.5 Å². The summed E-state index contributed by atoms with van der Waals surface area (Å²) in [6.07, 6.45) is 3.71.